The Hall–Kier alpha value is -2.79. The summed E-state index contributed by atoms with van der Waals surface area (Å²) in [7, 11) is 0. The highest BCUT2D eigenvalue weighted by molar-refractivity contribution is 5.57. The third-order valence-electron chi connectivity index (χ3n) is 7.71. The van der Waals surface area contributed by atoms with Crippen LogP contribution in [0.3, 0.4) is 0 Å². The average Bonchev–Trinajstić information content (AvgIpc) is 2.87. The van der Waals surface area contributed by atoms with Crippen molar-refractivity contribution in [1.82, 2.24) is 4.90 Å². The Bertz CT molecular complexity index is 1040. The van der Waals surface area contributed by atoms with Gasteiger partial charge in [-0.3, -0.25) is 4.90 Å². The fraction of sp³-hybridized carbons (Fsp3) is 0.379. The maximum absolute atomic E-state index is 14.0. The smallest absolute Gasteiger partial charge is 0.366 e. The van der Waals surface area contributed by atoms with Gasteiger partial charge in [0.2, 0.25) is 0 Å². The molecule has 2 atom stereocenters. The van der Waals surface area contributed by atoms with Gasteiger partial charge in [0.1, 0.15) is 0 Å². The largest absolute Gasteiger partial charge is 0.418 e. The van der Waals surface area contributed by atoms with E-state index in [1.807, 2.05) is 19.1 Å². The topological polar surface area (TPSA) is 6.48 Å². The van der Waals surface area contributed by atoms with Crippen molar-refractivity contribution < 1.29 is 13.2 Å². The molecule has 0 radical (unpaired) electrons. The Kier molecular flexibility index (Phi) is 6.39. The van der Waals surface area contributed by atoms with Gasteiger partial charge in [-0.05, 0) is 62.0 Å². The van der Waals surface area contributed by atoms with E-state index in [9.17, 15) is 13.2 Å². The molecule has 3 aliphatic rings. The van der Waals surface area contributed by atoms with Crippen LogP contribution in [0.15, 0.2) is 84.9 Å². The molecule has 0 spiro atoms. The van der Waals surface area contributed by atoms with Crippen molar-refractivity contribution in [3.8, 4) is 0 Å². The van der Waals surface area contributed by atoms with Crippen LogP contribution in [0, 0.1) is 5.92 Å². The maximum Gasteiger partial charge on any atom is 0.418 e. The van der Waals surface area contributed by atoms with E-state index in [2.05, 4.69) is 58.3 Å². The molecule has 3 heterocycles. The number of benzene rings is 3. The van der Waals surface area contributed by atoms with Crippen LogP contribution in [-0.4, -0.2) is 36.6 Å². The van der Waals surface area contributed by atoms with Gasteiger partial charge in [-0.2, -0.15) is 13.2 Å². The van der Waals surface area contributed by atoms with E-state index in [0.29, 0.717) is 18.2 Å². The highest BCUT2D eigenvalue weighted by atomic mass is 19.4. The molecular formula is C29H31F3N2. The average molecular weight is 465 g/mol. The third-order valence-corrected chi connectivity index (χ3v) is 7.71. The Morgan fingerprint density at radius 1 is 0.824 bits per heavy atom. The quantitative estimate of drug-likeness (QED) is 0.395. The summed E-state index contributed by atoms with van der Waals surface area (Å²) < 4.78 is 42.1. The van der Waals surface area contributed by atoms with Gasteiger partial charge in [0.15, 0.2) is 0 Å². The van der Waals surface area contributed by atoms with Gasteiger partial charge in [0.25, 0.3) is 0 Å². The zero-order valence-corrected chi connectivity index (χ0v) is 19.5. The van der Waals surface area contributed by atoms with Crippen LogP contribution in [0.25, 0.3) is 0 Å². The number of para-hydroxylation sites is 1. The number of hydrogen-bond acceptors (Lipinski definition) is 2. The number of hydrogen-bond donors (Lipinski definition) is 0. The standard InChI is InChI=1S/C29H31F3N2/c1-2-34(25-16-10-9-15-24(25)29(30,31)32)27-23-17-19-33(20-18-23)28(27)26(21-11-5-3-6-12-21)22-13-7-4-8-14-22/h3-16,23,26-28H,2,17-20H2,1H3. The predicted octanol–water partition coefficient (Wildman–Crippen LogP) is 6.83. The zero-order valence-electron chi connectivity index (χ0n) is 19.5. The number of alkyl halides is 3. The fourth-order valence-electron chi connectivity index (χ4n) is 6.31. The first kappa shape index (κ1) is 23.0. The lowest BCUT2D eigenvalue weighted by atomic mass is 9.69. The summed E-state index contributed by atoms with van der Waals surface area (Å²) in [6.45, 7) is 4.53. The Balaban J connectivity index is 1.65. The molecular weight excluding hydrogens is 433 g/mol. The summed E-state index contributed by atoms with van der Waals surface area (Å²) in [6.07, 6.45) is -2.32. The first-order valence-electron chi connectivity index (χ1n) is 12.3. The summed E-state index contributed by atoms with van der Waals surface area (Å²) >= 11 is 0. The number of fused-ring (bicyclic) bond motifs is 3. The lowest BCUT2D eigenvalue weighted by Crippen LogP contribution is -2.65. The normalized spacial score (nSPS) is 24.4. The SMILES string of the molecule is CCN(c1ccccc1C(F)(F)F)C1C2CCN(CC2)C1C(c1ccccc1)c1ccccc1. The van der Waals surface area contributed by atoms with Crippen molar-refractivity contribution in [2.45, 2.75) is 43.9 Å². The number of likely N-dealkylation sites (N-methyl/N-ethyl adjacent to an activating group) is 1. The van der Waals surface area contributed by atoms with Gasteiger partial charge in [-0.15, -0.1) is 0 Å². The van der Waals surface area contributed by atoms with Crippen LogP contribution in [0.2, 0.25) is 0 Å². The van der Waals surface area contributed by atoms with Crippen LogP contribution in [0.5, 0.6) is 0 Å². The van der Waals surface area contributed by atoms with Gasteiger partial charge >= 0.3 is 6.18 Å². The highest BCUT2D eigenvalue weighted by Gasteiger charge is 2.49. The van der Waals surface area contributed by atoms with Crippen LogP contribution < -0.4 is 4.90 Å². The maximum atomic E-state index is 14.0. The van der Waals surface area contributed by atoms with Crippen molar-refractivity contribution in [2.75, 3.05) is 24.5 Å². The molecule has 0 saturated carbocycles. The molecule has 0 amide bonds. The van der Waals surface area contributed by atoms with Crippen molar-refractivity contribution in [1.29, 1.82) is 0 Å². The second-order valence-electron chi connectivity index (χ2n) is 9.45. The molecule has 0 aromatic heterocycles. The van der Waals surface area contributed by atoms with Crippen LogP contribution in [-0.2, 0) is 6.18 Å². The Labute approximate surface area is 200 Å². The van der Waals surface area contributed by atoms with E-state index in [4.69, 9.17) is 0 Å². The molecule has 3 aliphatic heterocycles. The van der Waals surface area contributed by atoms with E-state index < -0.39 is 11.7 Å². The van der Waals surface area contributed by atoms with Gasteiger partial charge in [0.05, 0.1) is 5.56 Å². The second-order valence-corrected chi connectivity index (χ2v) is 9.45. The summed E-state index contributed by atoms with van der Waals surface area (Å²) in [6, 6.07) is 27.2. The molecule has 0 aliphatic carbocycles. The van der Waals surface area contributed by atoms with Crippen LogP contribution >= 0.6 is 0 Å². The zero-order chi connectivity index (χ0) is 23.7. The van der Waals surface area contributed by atoms with Crippen molar-refractivity contribution >= 4 is 5.69 Å². The van der Waals surface area contributed by atoms with Gasteiger partial charge in [-0.1, -0.05) is 72.8 Å². The van der Waals surface area contributed by atoms with E-state index in [1.165, 1.54) is 23.3 Å². The first-order valence-corrected chi connectivity index (χ1v) is 12.3. The van der Waals surface area contributed by atoms with Crippen molar-refractivity contribution in [2.24, 2.45) is 5.92 Å². The van der Waals surface area contributed by atoms with Gasteiger partial charge < -0.3 is 4.90 Å². The minimum atomic E-state index is -4.38. The summed E-state index contributed by atoms with van der Waals surface area (Å²) in [5, 5.41) is 0. The number of nitrogens with zero attached hydrogens (tertiary/aromatic N) is 2. The molecule has 3 aromatic rings. The van der Waals surface area contributed by atoms with Gasteiger partial charge in [0, 0.05) is 30.2 Å². The number of halogens is 3. The fourth-order valence-corrected chi connectivity index (χ4v) is 6.31. The number of anilines is 1. The minimum Gasteiger partial charge on any atom is -0.366 e. The molecule has 0 N–H and O–H groups in total. The number of rotatable bonds is 6. The Morgan fingerprint density at radius 2 is 1.35 bits per heavy atom. The predicted molar refractivity (Wildman–Crippen MR) is 131 cm³/mol. The summed E-state index contributed by atoms with van der Waals surface area (Å²) in [5.74, 6) is 0.453. The molecule has 3 aromatic carbocycles. The molecule has 2 unspecified atom stereocenters. The second kappa shape index (κ2) is 9.46. The molecule has 3 fully saturated rings. The van der Waals surface area contributed by atoms with E-state index >= 15 is 0 Å². The lowest BCUT2D eigenvalue weighted by Gasteiger charge is -2.57. The van der Waals surface area contributed by atoms with E-state index in [-0.39, 0.29) is 18.0 Å². The van der Waals surface area contributed by atoms with Crippen LogP contribution in [0.4, 0.5) is 18.9 Å². The molecule has 178 valence electrons. The monoisotopic (exact) mass is 464 g/mol. The van der Waals surface area contributed by atoms with Crippen molar-refractivity contribution in [3.63, 3.8) is 0 Å². The molecule has 6 rings (SSSR count). The summed E-state index contributed by atoms with van der Waals surface area (Å²) in [4.78, 5) is 4.59. The molecule has 5 heteroatoms. The minimum absolute atomic E-state index is 0.00131. The molecule has 3 saturated heterocycles. The third kappa shape index (κ3) is 4.22. The molecule has 34 heavy (non-hydrogen) atoms. The highest BCUT2D eigenvalue weighted by Crippen LogP contribution is 2.46. The first-order chi connectivity index (χ1) is 16.5. The van der Waals surface area contributed by atoms with Crippen LogP contribution in [0.1, 0.15) is 42.4 Å². The van der Waals surface area contributed by atoms with E-state index in [0.717, 1.165) is 25.9 Å². The Morgan fingerprint density at radius 3 is 1.88 bits per heavy atom. The molecule has 2 bridgehead atoms. The van der Waals surface area contributed by atoms with Crippen molar-refractivity contribution in [3.05, 3.63) is 102 Å². The van der Waals surface area contributed by atoms with Gasteiger partial charge in [-0.25, -0.2) is 0 Å². The number of piperidine rings is 3. The lowest BCUT2D eigenvalue weighted by molar-refractivity contribution is -0.137. The summed E-state index contributed by atoms with van der Waals surface area (Å²) in [5.41, 5.74) is 2.21. The van der Waals surface area contributed by atoms with E-state index in [1.54, 1.807) is 12.1 Å². The molecule has 2 nitrogen and oxygen atoms in total.